The zero-order valence-corrected chi connectivity index (χ0v) is 28.4. The van der Waals surface area contributed by atoms with E-state index in [0.29, 0.717) is 65.7 Å². The molecule has 48 heavy (non-hydrogen) atoms. The van der Waals surface area contributed by atoms with Gasteiger partial charge >= 0.3 is 11.9 Å². The maximum absolute atomic E-state index is 10.6. The highest BCUT2D eigenvalue weighted by atomic mass is 17.2. The molecule has 14 heteroatoms. The van der Waals surface area contributed by atoms with Gasteiger partial charge in [0.1, 0.15) is 45.7 Å². The number of benzene rings is 1. The SMILES string of the molecule is O=C(O)CCCCCCCOCC(COCCOOCCOOCCOOCCOCc1ccccc1)OCCCCCCCC(=O)O. The van der Waals surface area contributed by atoms with Crippen LogP contribution in [0.2, 0.25) is 0 Å². The molecule has 0 radical (unpaired) electrons. The Hall–Kier alpha value is -2.24. The molecule has 1 rings (SSSR count). The Kier molecular flexibility index (Phi) is 31.6. The largest absolute Gasteiger partial charge is 0.481 e. The van der Waals surface area contributed by atoms with Crippen LogP contribution >= 0.6 is 0 Å². The molecule has 1 unspecified atom stereocenters. The highest BCUT2D eigenvalue weighted by molar-refractivity contribution is 5.66. The second kappa shape index (κ2) is 34.6. The molecule has 1 aromatic carbocycles. The predicted octanol–water partition coefficient (Wildman–Crippen LogP) is 5.32. The summed E-state index contributed by atoms with van der Waals surface area (Å²) in [5, 5.41) is 17.4. The maximum Gasteiger partial charge on any atom is 0.303 e. The van der Waals surface area contributed by atoms with Crippen molar-refractivity contribution >= 4 is 11.9 Å². The van der Waals surface area contributed by atoms with E-state index in [1.165, 1.54) is 0 Å². The fourth-order valence-corrected chi connectivity index (χ4v) is 4.18. The summed E-state index contributed by atoms with van der Waals surface area (Å²) in [5.74, 6) is -1.50. The molecule has 1 aromatic rings. The van der Waals surface area contributed by atoms with Crippen LogP contribution in [0.1, 0.15) is 82.6 Å². The number of rotatable bonds is 38. The monoisotopic (exact) mass is 690 g/mol. The van der Waals surface area contributed by atoms with Gasteiger partial charge in [-0.3, -0.25) is 9.59 Å². The molecule has 0 bridgehead atoms. The van der Waals surface area contributed by atoms with Crippen LogP contribution in [0.25, 0.3) is 0 Å². The summed E-state index contributed by atoms with van der Waals surface area (Å²) >= 11 is 0. The molecule has 0 spiro atoms. The molecule has 1 atom stereocenters. The number of carbonyl (C=O) groups is 2. The van der Waals surface area contributed by atoms with E-state index in [1.807, 2.05) is 30.3 Å². The van der Waals surface area contributed by atoms with Crippen LogP contribution in [-0.4, -0.2) is 108 Å². The van der Waals surface area contributed by atoms with Gasteiger partial charge < -0.3 is 29.2 Å². The van der Waals surface area contributed by atoms with Crippen molar-refractivity contribution in [2.45, 2.75) is 89.8 Å². The molecule has 0 saturated heterocycles. The number of ether oxygens (including phenoxy) is 4. The first-order chi connectivity index (χ1) is 23.6. The number of hydrogen-bond donors (Lipinski definition) is 2. The van der Waals surface area contributed by atoms with Crippen LogP contribution in [0.4, 0.5) is 0 Å². The first kappa shape index (κ1) is 43.8. The molecule has 0 amide bonds. The number of aliphatic carboxylic acids is 2. The van der Waals surface area contributed by atoms with Crippen molar-refractivity contribution < 1.29 is 68.1 Å². The van der Waals surface area contributed by atoms with E-state index in [2.05, 4.69) is 0 Å². The lowest BCUT2D eigenvalue weighted by molar-refractivity contribution is -0.360. The zero-order chi connectivity index (χ0) is 34.6. The lowest BCUT2D eigenvalue weighted by atomic mass is 10.1. The molecular weight excluding hydrogens is 632 g/mol. The van der Waals surface area contributed by atoms with Crippen molar-refractivity contribution in [2.24, 2.45) is 0 Å². The zero-order valence-electron chi connectivity index (χ0n) is 28.4. The van der Waals surface area contributed by atoms with E-state index in [-0.39, 0.29) is 52.0 Å². The van der Waals surface area contributed by atoms with Gasteiger partial charge in [-0.25, -0.2) is 29.3 Å². The van der Waals surface area contributed by atoms with Gasteiger partial charge in [-0.2, -0.15) is 0 Å². The van der Waals surface area contributed by atoms with Crippen LogP contribution in [0.5, 0.6) is 0 Å². The highest BCUT2D eigenvalue weighted by Gasteiger charge is 2.10. The third-order valence-corrected chi connectivity index (χ3v) is 6.66. The highest BCUT2D eigenvalue weighted by Crippen LogP contribution is 2.08. The second-order valence-electron chi connectivity index (χ2n) is 10.9. The molecule has 278 valence electrons. The minimum atomic E-state index is -0.753. The fraction of sp³-hybridized carbons (Fsp3) is 0.765. The third-order valence-electron chi connectivity index (χ3n) is 6.66. The molecule has 0 aromatic heterocycles. The van der Waals surface area contributed by atoms with Gasteiger partial charge in [0, 0.05) is 26.1 Å². The molecule has 0 aliphatic rings. The first-order valence-corrected chi connectivity index (χ1v) is 17.1. The summed E-state index contributed by atoms with van der Waals surface area (Å²) in [7, 11) is 0. The van der Waals surface area contributed by atoms with Crippen LogP contribution in [-0.2, 0) is 64.5 Å². The van der Waals surface area contributed by atoms with Crippen LogP contribution in [0, 0.1) is 0 Å². The van der Waals surface area contributed by atoms with E-state index in [4.69, 9.17) is 58.5 Å². The summed E-state index contributed by atoms with van der Waals surface area (Å²) in [6.07, 6.45) is 9.16. The molecular formula is C34H58O14. The lowest BCUT2D eigenvalue weighted by Gasteiger charge is -2.18. The molecule has 2 N–H and O–H groups in total. The number of hydrogen-bond acceptors (Lipinski definition) is 12. The van der Waals surface area contributed by atoms with Crippen LogP contribution < -0.4 is 0 Å². The summed E-state index contributed by atoms with van der Waals surface area (Å²) in [5.41, 5.74) is 1.10. The summed E-state index contributed by atoms with van der Waals surface area (Å²) < 4.78 is 23.0. The van der Waals surface area contributed by atoms with E-state index in [9.17, 15) is 9.59 Å². The van der Waals surface area contributed by atoms with E-state index in [0.717, 1.165) is 56.9 Å². The standard InChI is InChI=1S/C34H58O14/c35-33(36)16-10-3-1-5-12-18-39-29-32(42-19-13-6-2-4-11-17-34(37)38)30-41-21-23-44-46-25-27-48-47-26-24-45-43-22-20-40-28-31-14-8-7-9-15-31/h7-9,14-15,32H,1-6,10-13,16-30H2,(H,35,36)(H,37,38). The molecule has 14 nitrogen and oxygen atoms in total. The Bertz CT molecular complexity index is 844. The Balaban J connectivity index is 1.98. The minimum Gasteiger partial charge on any atom is -0.481 e. The van der Waals surface area contributed by atoms with Gasteiger partial charge in [-0.1, -0.05) is 68.9 Å². The molecule has 0 aliphatic heterocycles. The normalized spacial score (nSPS) is 12.0. The van der Waals surface area contributed by atoms with Crippen molar-refractivity contribution in [1.29, 1.82) is 0 Å². The number of unbranched alkanes of at least 4 members (excludes halogenated alkanes) is 8. The Morgan fingerprint density at radius 2 is 0.896 bits per heavy atom. The fourth-order valence-electron chi connectivity index (χ4n) is 4.18. The Morgan fingerprint density at radius 3 is 1.42 bits per heavy atom. The maximum atomic E-state index is 10.6. The van der Waals surface area contributed by atoms with Gasteiger partial charge in [0.25, 0.3) is 0 Å². The second-order valence-corrected chi connectivity index (χ2v) is 10.9. The summed E-state index contributed by atoms with van der Waals surface area (Å²) in [4.78, 5) is 51.3. The molecule has 0 aliphatic carbocycles. The molecule has 0 saturated carbocycles. The van der Waals surface area contributed by atoms with E-state index < -0.39 is 11.9 Å². The molecule has 0 fully saturated rings. The Labute approximate surface area is 284 Å². The van der Waals surface area contributed by atoms with Crippen molar-refractivity contribution in [3.63, 3.8) is 0 Å². The Morgan fingerprint density at radius 1 is 0.479 bits per heavy atom. The average Bonchev–Trinajstić information content (AvgIpc) is 3.07. The third kappa shape index (κ3) is 32.3. The smallest absolute Gasteiger partial charge is 0.303 e. The van der Waals surface area contributed by atoms with Gasteiger partial charge in [0.05, 0.1) is 33.0 Å². The van der Waals surface area contributed by atoms with Gasteiger partial charge in [0.15, 0.2) is 0 Å². The van der Waals surface area contributed by atoms with Crippen molar-refractivity contribution in [1.82, 2.24) is 0 Å². The summed E-state index contributed by atoms with van der Waals surface area (Å²) in [6, 6.07) is 9.88. The lowest BCUT2D eigenvalue weighted by Crippen LogP contribution is -2.27. The van der Waals surface area contributed by atoms with E-state index in [1.54, 1.807) is 0 Å². The minimum absolute atomic E-state index is 0.171. The van der Waals surface area contributed by atoms with Gasteiger partial charge in [0.2, 0.25) is 0 Å². The molecule has 0 heterocycles. The van der Waals surface area contributed by atoms with Gasteiger partial charge in [-0.05, 0) is 31.2 Å². The number of carboxylic acids is 2. The van der Waals surface area contributed by atoms with Crippen LogP contribution in [0.15, 0.2) is 30.3 Å². The van der Waals surface area contributed by atoms with Crippen molar-refractivity contribution in [3.8, 4) is 0 Å². The van der Waals surface area contributed by atoms with Crippen molar-refractivity contribution in [3.05, 3.63) is 35.9 Å². The van der Waals surface area contributed by atoms with E-state index >= 15 is 0 Å². The number of carboxylic acid groups (broad SMARTS) is 2. The van der Waals surface area contributed by atoms with Gasteiger partial charge in [-0.15, -0.1) is 0 Å². The first-order valence-electron chi connectivity index (χ1n) is 17.1. The average molecular weight is 691 g/mol. The van der Waals surface area contributed by atoms with Crippen molar-refractivity contribution in [2.75, 3.05) is 79.3 Å². The summed E-state index contributed by atoms with van der Waals surface area (Å²) in [6.45, 7) is 4.46. The van der Waals surface area contributed by atoms with Crippen LogP contribution in [0.3, 0.4) is 0 Å². The predicted molar refractivity (Wildman–Crippen MR) is 174 cm³/mol. The quantitative estimate of drug-likeness (QED) is 0.0520. The topological polar surface area (TPSA) is 167 Å².